The largest absolute Gasteiger partial charge is 0.370 e. The average Bonchev–Trinajstić information content (AvgIpc) is 2.64. The molecule has 3 heteroatoms. The Morgan fingerprint density at radius 2 is 2.11 bits per heavy atom. The topological polar surface area (TPSA) is 41.6 Å². The monoisotopic (exact) mass is 245 g/mol. The van der Waals surface area contributed by atoms with Gasteiger partial charge in [-0.2, -0.15) is 0 Å². The zero-order valence-corrected chi connectivity index (χ0v) is 11.8. The molecule has 1 aliphatic heterocycles. The molecule has 0 radical (unpaired) electrons. The van der Waals surface area contributed by atoms with Gasteiger partial charge in [0, 0.05) is 6.54 Å². The van der Waals surface area contributed by atoms with Crippen LogP contribution in [-0.2, 0) is 0 Å². The van der Waals surface area contributed by atoms with Crippen LogP contribution >= 0.6 is 0 Å². The Balaban J connectivity index is 2.30. The molecular weight excluding hydrogens is 222 g/mol. The van der Waals surface area contributed by atoms with E-state index in [1.54, 1.807) is 0 Å². The summed E-state index contributed by atoms with van der Waals surface area (Å²) in [5.41, 5.74) is 10.0. The highest BCUT2D eigenvalue weighted by Gasteiger charge is 2.28. The van der Waals surface area contributed by atoms with E-state index in [0.29, 0.717) is 17.9 Å². The minimum atomic E-state index is 0.312. The summed E-state index contributed by atoms with van der Waals surface area (Å²) >= 11 is 0. The zero-order valence-electron chi connectivity index (χ0n) is 11.8. The van der Waals surface area contributed by atoms with E-state index in [4.69, 9.17) is 5.73 Å². The van der Waals surface area contributed by atoms with Crippen LogP contribution in [0.15, 0.2) is 23.2 Å². The van der Waals surface area contributed by atoms with Gasteiger partial charge in [-0.1, -0.05) is 37.6 Å². The Labute approximate surface area is 110 Å². The first-order valence-corrected chi connectivity index (χ1v) is 6.62. The third kappa shape index (κ3) is 2.50. The molecule has 18 heavy (non-hydrogen) atoms. The van der Waals surface area contributed by atoms with E-state index in [0.717, 1.165) is 13.1 Å². The van der Waals surface area contributed by atoms with Crippen LogP contribution in [0.25, 0.3) is 0 Å². The molecule has 0 aliphatic carbocycles. The third-order valence-corrected chi connectivity index (χ3v) is 3.45. The standard InChI is InChI=1S/C15H23N3/c1-10(2)9-18-14(8-17-15(18)16)13-7-11(3)5-6-12(13)4/h5-7,10,14H,8-9H2,1-4H3,(H2,16,17). The van der Waals surface area contributed by atoms with E-state index in [2.05, 4.69) is 55.8 Å². The molecule has 2 N–H and O–H groups in total. The van der Waals surface area contributed by atoms with Crippen LogP contribution in [0, 0.1) is 19.8 Å². The van der Waals surface area contributed by atoms with E-state index in [9.17, 15) is 0 Å². The summed E-state index contributed by atoms with van der Waals surface area (Å²) in [5.74, 6) is 1.28. The number of nitrogens with zero attached hydrogens (tertiary/aromatic N) is 2. The van der Waals surface area contributed by atoms with Crippen LogP contribution in [0.4, 0.5) is 0 Å². The molecule has 0 spiro atoms. The van der Waals surface area contributed by atoms with Crippen LogP contribution in [-0.4, -0.2) is 23.9 Å². The van der Waals surface area contributed by atoms with Crippen LogP contribution < -0.4 is 5.73 Å². The van der Waals surface area contributed by atoms with Crippen molar-refractivity contribution in [2.24, 2.45) is 16.6 Å². The summed E-state index contributed by atoms with van der Waals surface area (Å²) in [6, 6.07) is 6.92. The fourth-order valence-corrected chi connectivity index (χ4v) is 2.53. The quantitative estimate of drug-likeness (QED) is 0.889. The maximum atomic E-state index is 6.02. The maximum Gasteiger partial charge on any atom is 0.191 e. The molecule has 1 heterocycles. The lowest BCUT2D eigenvalue weighted by molar-refractivity contribution is 0.308. The SMILES string of the molecule is Cc1ccc(C)c(C2CN=C(N)N2CC(C)C)c1. The van der Waals surface area contributed by atoms with Crippen molar-refractivity contribution in [2.75, 3.05) is 13.1 Å². The molecule has 0 saturated heterocycles. The molecule has 2 rings (SSSR count). The smallest absolute Gasteiger partial charge is 0.191 e. The number of nitrogens with two attached hydrogens (primary N) is 1. The van der Waals surface area contributed by atoms with Gasteiger partial charge in [-0.3, -0.25) is 4.99 Å². The lowest BCUT2D eigenvalue weighted by Crippen LogP contribution is -2.38. The van der Waals surface area contributed by atoms with E-state index < -0.39 is 0 Å². The number of guanidine groups is 1. The second-order valence-electron chi connectivity index (χ2n) is 5.62. The average molecular weight is 245 g/mol. The minimum absolute atomic E-state index is 0.312. The Bertz CT molecular complexity index is 463. The molecule has 3 nitrogen and oxygen atoms in total. The fraction of sp³-hybridized carbons (Fsp3) is 0.533. The van der Waals surface area contributed by atoms with Crippen molar-refractivity contribution in [3.05, 3.63) is 34.9 Å². The number of aryl methyl sites for hydroxylation is 2. The second kappa shape index (κ2) is 5.01. The highest BCUT2D eigenvalue weighted by molar-refractivity contribution is 5.80. The van der Waals surface area contributed by atoms with Crippen molar-refractivity contribution in [3.8, 4) is 0 Å². The summed E-state index contributed by atoms with van der Waals surface area (Å²) in [5, 5.41) is 0. The number of rotatable bonds is 3. The van der Waals surface area contributed by atoms with E-state index >= 15 is 0 Å². The number of hydrogen-bond donors (Lipinski definition) is 1. The maximum absolute atomic E-state index is 6.02. The van der Waals surface area contributed by atoms with Gasteiger partial charge < -0.3 is 10.6 Å². The van der Waals surface area contributed by atoms with Crippen LogP contribution in [0.1, 0.15) is 36.6 Å². The first-order valence-electron chi connectivity index (χ1n) is 6.62. The van der Waals surface area contributed by atoms with Gasteiger partial charge in [0.2, 0.25) is 0 Å². The Morgan fingerprint density at radius 1 is 1.39 bits per heavy atom. The molecule has 0 amide bonds. The Morgan fingerprint density at radius 3 is 2.78 bits per heavy atom. The first-order chi connectivity index (χ1) is 8.49. The number of benzene rings is 1. The van der Waals surface area contributed by atoms with Crippen molar-refractivity contribution in [3.63, 3.8) is 0 Å². The summed E-state index contributed by atoms with van der Waals surface area (Å²) in [4.78, 5) is 6.66. The molecule has 1 atom stereocenters. The van der Waals surface area contributed by atoms with Gasteiger partial charge in [0.05, 0.1) is 12.6 Å². The fourth-order valence-electron chi connectivity index (χ4n) is 2.53. The van der Waals surface area contributed by atoms with Crippen LogP contribution in [0.5, 0.6) is 0 Å². The van der Waals surface area contributed by atoms with Crippen molar-refractivity contribution in [1.82, 2.24) is 4.90 Å². The first kappa shape index (κ1) is 12.9. The van der Waals surface area contributed by atoms with Crippen LogP contribution in [0.3, 0.4) is 0 Å². The Kier molecular flexibility index (Phi) is 3.60. The predicted octanol–water partition coefficient (Wildman–Crippen LogP) is 2.63. The molecule has 0 saturated carbocycles. The van der Waals surface area contributed by atoms with Gasteiger partial charge in [0.15, 0.2) is 5.96 Å². The van der Waals surface area contributed by atoms with Crippen LogP contribution in [0.2, 0.25) is 0 Å². The van der Waals surface area contributed by atoms with Crippen molar-refractivity contribution < 1.29 is 0 Å². The number of aliphatic imine (C=N–C) groups is 1. The highest BCUT2D eigenvalue weighted by Crippen LogP contribution is 2.29. The van der Waals surface area contributed by atoms with Crippen molar-refractivity contribution >= 4 is 5.96 Å². The zero-order chi connectivity index (χ0) is 13.3. The molecule has 1 aromatic rings. The second-order valence-corrected chi connectivity index (χ2v) is 5.62. The molecule has 0 fully saturated rings. The van der Waals surface area contributed by atoms with Crippen molar-refractivity contribution in [2.45, 2.75) is 33.7 Å². The van der Waals surface area contributed by atoms with E-state index in [1.807, 2.05) is 0 Å². The number of hydrogen-bond acceptors (Lipinski definition) is 3. The summed E-state index contributed by atoms with van der Waals surface area (Å²) in [6.07, 6.45) is 0. The predicted molar refractivity (Wildman–Crippen MR) is 76.7 cm³/mol. The molecule has 0 bridgehead atoms. The molecule has 1 unspecified atom stereocenters. The molecule has 1 aliphatic rings. The third-order valence-electron chi connectivity index (χ3n) is 3.45. The summed E-state index contributed by atoms with van der Waals surface area (Å²) in [6.45, 7) is 10.5. The molecule has 1 aromatic carbocycles. The van der Waals surface area contributed by atoms with Gasteiger partial charge in [-0.05, 0) is 30.9 Å². The molecule has 0 aromatic heterocycles. The lowest BCUT2D eigenvalue weighted by Gasteiger charge is -2.29. The molecular formula is C15H23N3. The highest BCUT2D eigenvalue weighted by atomic mass is 15.3. The summed E-state index contributed by atoms with van der Waals surface area (Å²) in [7, 11) is 0. The van der Waals surface area contributed by atoms with Crippen molar-refractivity contribution in [1.29, 1.82) is 0 Å². The molecule has 98 valence electrons. The summed E-state index contributed by atoms with van der Waals surface area (Å²) < 4.78 is 0. The Hall–Kier alpha value is -1.51. The van der Waals surface area contributed by atoms with Gasteiger partial charge in [-0.25, -0.2) is 0 Å². The normalized spacial score (nSPS) is 19.5. The van der Waals surface area contributed by atoms with E-state index in [1.165, 1.54) is 16.7 Å². The van der Waals surface area contributed by atoms with Gasteiger partial charge in [0.1, 0.15) is 0 Å². The van der Waals surface area contributed by atoms with Gasteiger partial charge >= 0.3 is 0 Å². The minimum Gasteiger partial charge on any atom is -0.370 e. The van der Waals surface area contributed by atoms with Gasteiger partial charge in [-0.15, -0.1) is 0 Å². The van der Waals surface area contributed by atoms with Gasteiger partial charge in [0.25, 0.3) is 0 Å². The van der Waals surface area contributed by atoms with E-state index in [-0.39, 0.29) is 0 Å². The lowest BCUT2D eigenvalue weighted by atomic mass is 9.98.